The lowest BCUT2D eigenvalue weighted by Crippen LogP contribution is -2.14. The summed E-state index contributed by atoms with van der Waals surface area (Å²) < 4.78 is 5.65. The van der Waals surface area contributed by atoms with Gasteiger partial charge in [-0.15, -0.1) is 11.3 Å². The molecule has 2 nitrogen and oxygen atoms in total. The van der Waals surface area contributed by atoms with Crippen molar-refractivity contribution >= 4 is 11.3 Å². The summed E-state index contributed by atoms with van der Waals surface area (Å²) >= 11 is 1.85. The molecule has 0 aliphatic carbocycles. The quantitative estimate of drug-likeness (QED) is 0.866. The van der Waals surface area contributed by atoms with Gasteiger partial charge in [-0.25, -0.2) is 0 Å². The highest BCUT2D eigenvalue weighted by atomic mass is 32.1. The van der Waals surface area contributed by atoms with Crippen molar-refractivity contribution in [1.82, 2.24) is 0 Å². The molecule has 0 fully saturated rings. The Bertz CT molecular complexity index is 521. The van der Waals surface area contributed by atoms with E-state index in [9.17, 15) is 0 Å². The number of thiophene rings is 1. The van der Waals surface area contributed by atoms with Crippen molar-refractivity contribution < 1.29 is 4.74 Å². The van der Waals surface area contributed by atoms with Crippen LogP contribution in [0.5, 0.6) is 5.75 Å². The predicted molar refractivity (Wildman–Crippen MR) is 81.9 cm³/mol. The van der Waals surface area contributed by atoms with Gasteiger partial charge in [-0.05, 0) is 31.5 Å². The topological polar surface area (TPSA) is 35.2 Å². The Kier molecular flexibility index (Phi) is 5.00. The third-order valence-electron chi connectivity index (χ3n) is 3.11. The molecule has 0 saturated carbocycles. The Hall–Kier alpha value is -1.32. The molecule has 19 heavy (non-hydrogen) atoms. The summed E-state index contributed by atoms with van der Waals surface area (Å²) in [5, 5.41) is 0. The van der Waals surface area contributed by atoms with Gasteiger partial charge in [0.25, 0.3) is 0 Å². The normalized spacial score (nSPS) is 12.4. The molecule has 2 rings (SSSR count). The molecule has 1 atom stereocenters. The minimum atomic E-state index is -0.00824. The van der Waals surface area contributed by atoms with Crippen LogP contribution in [-0.4, -0.2) is 6.61 Å². The molecule has 1 unspecified atom stereocenters. The number of rotatable bonds is 6. The number of benzene rings is 1. The molecule has 3 heteroatoms. The van der Waals surface area contributed by atoms with Crippen LogP contribution in [0.15, 0.2) is 36.4 Å². The Morgan fingerprint density at radius 2 is 1.84 bits per heavy atom. The van der Waals surface area contributed by atoms with E-state index in [1.807, 2.05) is 36.5 Å². The number of para-hydroxylation sites is 1. The molecule has 0 saturated heterocycles. The number of nitrogens with two attached hydrogens (primary N) is 1. The summed E-state index contributed by atoms with van der Waals surface area (Å²) in [6, 6.07) is 12.4. The maximum Gasteiger partial charge on any atom is 0.124 e. The van der Waals surface area contributed by atoms with E-state index in [0.29, 0.717) is 6.61 Å². The second-order valence-corrected chi connectivity index (χ2v) is 5.76. The zero-order chi connectivity index (χ0) is 13.7. The van der Waals surface area contributed by atoms with Crippen LogP contribution < -0.4 is 10.5 Å². The summed E-state index contributed by atoms with van der Waals surface area (Å²) in [5.41, 5.74) is 7.43. The van der Waals surface area contributed by atoms with Crippen LogP contribution in [0.2, 0.25) is 0 Å². The van der Waals surface area contributed by atoms with Crippen LogP contribution in [0.25, 0.3) is 0 Å². The highest BCUT2D eigenvalue weighted by Crippen LogP contribution is 2.28. The van der Waals surface area contributed by atoms with E-state index in [2.05, 4.69) is 25.1 Å². The first-order valence-electron chi connectivity index (χ1n) is 6.79. The van der Waals surface area contributed by atoms with E-state index in [-0.39, 0.29) is 6.04 Å². The Labute approximate surface area is 119 Å². The number of hydrogen-bond acceptors (Lipinski definition) is 3. The molecule has 1 aromatic carbocycles. The zero-order valence-electron chi connectivity index (χ0n) is 11.6. The van der Waals surface area contributed by atoms with E-state index in [0.717, 1.165) is 24.2 Å². The minimum Gasteiger partial charge on any atom is -0.494 e. The highest BCUT2D eigenvalue weighted by Gasteiger charge is 2.13. The summed E-state index contributed by atoms with van der Waals surface area (Å²) in [6.07, 6.45) is 1.96. The fourth-order valence-corrected chi connectivity index (χ4v) is 3.14. The molecule has 102 valence electrons. The largest absolute Gasteiger partial charge is 0.494 e. The molecule has 2 N–H and O–H groups in total. The smallest absolute Gasteiger partial charge is 0.124 e. The van der Waals surface area contributed by atoms with Gasteiger partial charge in [0.2, 0.25) is 0 Å². The molecule has 0 spiro atoms. The average Bonchev–Trinajstić information content (AvgIpc) is 2.87. The van der Waals surface area contributed by atoms with E-state index < -0.39 is 0 Å². The molecular formula is C16H21NOS. The second-order valence-electron chi connectivity index (χ2n) is 4.50. The summed E-state index contributed by atoms with van der Waals surface area (Å²) in [7, 11) is 0. The van der Waals surface area contributed by atoms with E-state index in [1.165, 1.54) is 9.75 Å². The Balaban J connectivity index is 2.12. The fraction of sp³-hybridized carbons (Fsp3) is 0.375. The van der Waals surface area contributed by atoms with E-state index in [1.54, 1.807) is 0 Å². The SMILES string of the molecule is CCOc1ccccc1C(N)Cc1ccc(CC)s1. The standard InChI is InChI=1S/C16H21NOS/c1-3-12-9-10-13(19-12)11-15(17)14-7-5-6-8-16(14)18-4-2/h5-10,15H,3-4,11,17H2,1-2H3. The molecule has 1 aromatic heterocycles. The van der Waals surface area contributed by atoms with Gasteiger partial charge in [-0.2, -0.15) is 0 Å². The molecule has 1 heterocycles. The van der Waals surface area contributed by atoms with Gasteiger partial charge in [0.1, 0.15) is 5.75 Å². The van der Waals surface area contributed by atoms with Crippen LogP contribution in [0.4, 0.5) is 0 Å². The van der Waals surface area contributed by atoms with Gasteiger partial charge in [-0.3, -0.25) is 0 Å². The molecule has 0 bridgehead atoms. The van der Waals surface area contributed by atoms with Gasteiger partial charge in [-0.1, -0.05) is 25.1 Å². The Morgan fingerprint density at radius 3 is 2.53 bits per heavy atom. The minimum absolute atomic E-state index is 0.00824. The second kappa shape index (κ2) is 6.73. The average molecular weight is 275 g/mol. The number of hydrogen-bond donors (Lipinski definition) is 1. The third-order valence-corrected chi connectivity index (χ3v) is 4.36. The monoisotopic (exact) mass is 275 g/mol. The lowest BCUT2D eigenvalue weighted by molar-refractivity contribution is 0.334. The molecular weight excluding hydrogens is 254 g/mol. The van der Waals surface area contributed by atoms with Crippen molar-refractivity contribution in [2.45, 2.75) is 32.7 Å². The van der Waals surface area contributed by atoms with Crippen LogP contribution in [0, 0.1) is 0 Å². The van der Waals surface area contributed by atoms with E-state index in [4.69, 9.17) is 10.5 Å². The maximum absolute atomic E-state index is 6.34. The van der Waals surface area contributed by atoms with Gasteiger partial charge in [0.05, 0.1) is 6.61 Å². The van der Waals surface area contributed by atoms with Crippen molar-refractivity contribution in [3.63, 3.8) is 0 Å². The van der Waals surface area contributed by atoms with Crippen LogP contribution in [-0.2, 0) is 12.8 Å². The van der Waals surface area contributed by atoms with Gasteiger partial charge >= 0.3 is 0 Å². The van der Waals surface area contributed by atoms with Crippen LogP contribution in [0.3, 0.4) is 0 Å². The number of aryl methyl sites for hydroxylation is 1. The summed E-state index contributed by atoms with van der Waals surface area (Å²) in [5.74, 6) is 0.907. The van der Waals surface area contributed by atoms with Crippen molar-refractivity contribution in [3.8, 4) is 5.75 Å². The summed E-state index contributed by atoms with van der Waals surface area (Å²) in [4.78, 5) is 2.76. The first-order chi connectivity index (χ1) is 9.24. The first-order valence-corrected chi connectivity index (χ1v) is 7.61. The van der Waals surface area contributed by atoms with Gasteiger partial charge < -0.3 is 10.5 Å². The van der Waals surface area contributed by atoms with Crippen molar-refractivity contribution in [1.29, 1.82) is 0 Å². The molecule has 0 amide bonds. The molecule has 0 aliphatic heterocycles. The van der Waals surface area contributed by atoms with Crippen LogP contribution >= 0.6 is 11.3 Å². The molecule has 0 aliphatic rings. The highest BCUT2D eigenvalue weighted by molar-refractivity contribution is 7.11. The lowest BCUT2D eigenvalue weighted by Gasteiger charge is -2.15. The zero-order valence-corrected chi connectivity index (χ0v) is 12.4. The first kappa shape index (κ1) is 14.1. The maximum atomic E-state index is 6.34. The van der Waals surface area contributed by atoms with Crippen molar-refractivity contribution in [2.75, 3.05) is 6.61 Å². The Morgan fingerprint density at radius 1 is 1.11 bits per heavy atom. The lowest BCUT2D eigenvalue weighted by atomic mass is 10.0. The van der Waals surface area contributed by atoms with Gasteiger partial charge in [0.15, 0.2) is 0 Å². The van der Waals surface area contributed by atoms with E-state index >= 15 is 0 Å². The van der Waals surface area contributed by atoms with Gasteiger partial charge in [0, 0.05) is 27.8 Å². The number of ether oxygens (including phenoxy) is 1. The molecule has 0 radical (unpaired) electrons. The van der Waals surface area contributed by atoms with Crippen molar-refractivity contribution in [2.24, 2.45) is 5.73 Å². The third kappa shape index (κ3) is 3.58. The predicted octanol–water partition coefficient (Wildman–Crippen LogP) is 3.95. The fourth-order valence-electron chi connectivity index (χ4n) is 2.12. The van der Waals surface area contributed by atoms with Crippen molar-refractivity contribution in [3.05, 3.63) is 51.7 Å². The summed E-state index contributed by atoms with van der Waals surface area (Å²) in [6.45, 7) is 4.84. The molecule has 2 aromatic rings. The van der Waals surface area contributed by atoms with Crippen LogP contribution in [0.1, 0.15) is 35.2 Å².